The first kappa shape index (κ1) is 16.3. The number of carbonyl (C=O) groups excluding carboxylic acids is 2. The number of rotatable bonds is 3. The van der Waals surface area contributed by atoms with Crippen LogP contribution in [0.4, 0.5) is 5.69 Å². The molecule has 2 heterocycles. The minimum absolute atomic E-state index is 0.0423. The summed E-state index contributed by atoms with van der Waals surface area (Å²) in [6.45, 7) is 2.23. The van der Waals surface area contributed by atoms with Crippen molar-refractivity contribution >= 4 is 29.3 Å². The lowest BCUT2D eigenvalue weighted by Gasteiger charge is -2.20. The summed E-state index contributed by atoms with van der Waals surface area (Å²) >= 11 is 1.89. The van der Waals surface area contributed by atoms with E-state index < -0.39 is 0 Å². The quantitative estimate of drug-likeness (QED) is 0.922. The van der Waals surface area contributed by atoms with Crippen LogP contribution in [0.25, 0.3) is 0 Å². The van der Waals surface area contributed by atoms with Gasteiger partial charge in [0.15, 0.2) is 0 Å². The van der Waals surface area contributed by atoms with Gasteiger partial charge in [0.25, 0.3) is 11.8 Å². The highest BCUT2D eigenvalue weighted by Crippen LogP contribution is 2.18. The van der Waals surface area contributed by atoms with Crippen LogP contribution in [0.3, 0.4) is 0 Å². The Morgan fingerprint density at radius 1 is 1.22 bits per heavy atom. The summed E-state index contributed by atoms with van der Waals surface area (Å²) in [4.78, 5) is 26.6. The third-order valence-corrected chi connectivity index (χ3v) is 5.16. The smallest absolute Gasteiger partial charge is 0.253 e. The maximum Gasteiger partial charge on any atom is 0.253 e. The molecule has 6 heteroatoms. The molecule has 0 radical (unpaired) electrons. The van der Waals surface area contributed by atoms with Crippen molar-refractivity contribution < 1.29 is 14.3 Å². The molecule has 0 saturated carbocycles. The zero-order valence-electron chi connectivity index (χ0n) is 13.1. The maximum absolute atomic E-state index is 12.6. The molecule has 3 rings (SSSR count). The zero-order chi connectivity index (χ0) is 16.1. The Morgan fingerprint density at radius 3 is 2.96 bits per heavy atom. The topological polar surface area (TPSA) is 58.6 Å². The number of carbonyl (C=O) groups is 2. The van der Waals surface area contributed by atoms with Gasteiger partial charge in [0.2, 0.25) is 0 Å². The van der Waals surface area contributed by atoms with Crippen LogP contribution < -0.4 is 5.32 Å². The van der Waals surface area contributed by atoms with Gasteiger partial charge in [-0.3, -0.25) is 9.59 Å². The first-order valence-corrected chi connectivity index (χ1v) is 9.29. The fourth-order valence-corrected chi connectivity index (χ4v) is 3.76. The monoisotopic (exact) mass is 334 g/mol. The first-order valence-electron chi connectivity index (χ1n) is 8.13. The number of hydrogen-bond donors (Lipinski definition) is 1. The van der Waals surface area contributed by atoms with Crippen molar-refractivity contribution in [3.8, 4) is 0 Å². The largest absolute Gasteiger partial charge is 0.368 e. The van der Waals surface area contributed by atoms with Crippen molar-refractivity contribution in [3.05, 3.63) is 29.8 Å². The predicted octanol–water partition coefficient (Wildman–Crippen LogP) is 2.38. The summed E-state index contributed by atoms with van der Waals surface area (Å²) in [6, 6.07) is 7.18. The van der Waals surface area contributed by atoms with Crippen molar-refractivity contribution in [1.29, 1.82) is 0 Å². The third kappa shape index (κ3) is 4.26. The standard InChI is InChI=1S/C17H22N2O3S/c20-16(15-6-2-9-22-15)18-14-5-1-4-13(12-14)17(21)19-7-3-10-23-11-8-19/h1,4-5,12,15H,2-3,6-11H2,(H,18,20)/t15-/m0/s1. The van der Waals surface area contributed by atoms with Gasteiger partial charge in [0.05, 0.1) is 0 Å². The second-order valence-electron chi connectivity index (χ2n) is 5.83. The molecule has 0 bridgehead atoms. The van der Waals surface area contributed by atoms with Gasteiger partial charge in [0.1, 0.15) is 6.10 Å². The van der Waals surface area contributed by atoms with E-state index in [4.69, 9.17) is 4.74 Å². The van der Waals surface area contributed by atoms with Crippen molar-refractivity contribution in [3.63, 3.8) is 0 Å². The molecule has 23 heavy (non-hydrogen) atoms. The molecule has 2 aliphatic rings. The second kappa shape index (κ2) is 7.84. The Kier molecular flexibility index (Phi) is 5.56. The second-order valence-corrected chi connectivity index (χ2v) is 7.05. The van der Waals surface area contributed by atoms with Gasteiger partial charge in [-0.1, -0.05) is 6.07 Å². The van der Waals surface area contributed by atoms with Gasteiger partial charge >= 0.3 is 0 Å². The third-order valence-electron chi connectivity index (χ3n) is 4.11. The number of amides is 2. The minimum atomic E-state index is -0.364. The molecule has 2 saturated heterocycles. The number of nitrogens with zero attached hydrogens (tertiary/aromatic N) is 1. The number of ether oxygens (including phenoxy) is 1. The van der Waals surface area contributed by atoms with Crippen LogP contribution >= 0.6 is 11.8 Å². The maximum atomic E-state index is 12.6. The predicted molar refractivity (Wildman–Crippen MR) is 91.9 cm³/mol. The van der Waals surface area contributed by atoms with Crippen molar-refractivity contribution in [2.75, 3.05) is 36.5 Å². The fourth-order valence-electron chi connectivity index (χ4n) is 2.87. The molecule has 0 aliphatic carbocycles. The molecule has 0 spiro atoms. The fraction of sp³-hybridized carbons (Fsp3) is 0.529. The Labute approximate surface area is 140 Å². The number of anilines is 1. The van der Waals surface area contributed by atoms with E-state index in [9.17, 15) is 9.59 Å². The summed E-state index contributed by atoms with van der Waals surface area (Å²) in [7, 11) is 0. The van der Waals surface area contributed by atoms with Crippen LogP contribution in [0, 0.1) is 0 Å². The normalized spacial score (nSPS) is 21.7. The average Bonchev–Trinajstić information content (AvgIpc) is 2.97. The van der Waals surface area contributed by atoms with Crippen LogP contribution in [0.15, 0.2) is 24.3 Å². The summed E-state index contributed by atoms with van der Waals surface area (Å²) in [6.07, 6.45) is 2.35. The summed E-state index contributed by atoms with van der Waals surface area (Å²) in [5.74, 6) is 2.02. The van der Waals surface area contributed by atoms with E-state index in [-0.39, 0.29) is 17.9 Å². The van der Waals surface area contributed by atoms with Crippen LogP contribution in [-0.2, 0) is 9.53 Å². The molecular weight excluding hydrogens is 312 g/mol. The van der Waals surface area contributed by atoms with Crippen molar-refractivity contribution in [1.82, 2.24) is 4.90 Å². The number of nitrogens with one attached hydrogen (secondary N) is 1. The van der Waals surface area contributed by atoms with Crippen LogP contribution in [-0.4, -0.2) is 54.0 Å². The van der Waals surface area contributed by atoms with Gasteiger partial charge in [-0.15, -0.1) is 0 Å². The lowest BCUT2D eigenvalue weighted by molar-refractivity contribution is -0.124. The highest BCUT2D eigenvalue weighted by Gasteiger charge is 2.24. The van der Waals surface area contributed by atoms with Crippen LogP contribution in [0.2, 0.25) is 0 Å². The Hall–Kier alpha value is -1.53. The molecule has 2 aliphatic heterocycles. The van der Waals surface area contributed by atoms with E-state index in [1.807, 2.05) is 34.9 Å². The van der Waals surface area contributed by atoms with Crippen LogP contribution in [0.5, 0.6) is 0 Å². The van der Waals surface area contributed by atoms with Gasteiger partial charge in [-0.05, 0) is 43.2 Å². The van der Waals surface area contributed by atoms with E-state index in [1.54, 1.807) is 6.07 Å². The van der Waals surface area contributed by atoms with Crippen molar-refractivity contribution in [2.45, 2.75) is 25.4 Å². The summed E-state index contributed by atoms with van der Waals surface area (Å²) in [5.41, 5.74) is 1.28. The molecule has 1 N–H and O–H groups in total. The highest BCUT2D eigenvalue weighted by molar-refractivity contribution is 7.99. The molecule has 0 aromatic heterocycles. The minimum Gasteiger partial charge on any atom is -0.368 e. The molecule has 1 aromatic carbocycles. The van der Waals surface area contributed by atoms with Crippen LogP contribution in [0.1, 0.15) is 29.6 Å². The zero-order valence-corrected chi connectivity index (χ0v) is 13.9. The average molecular weight is 334 g/mol. The lowest BCUT2D eigenvalue weighted by atomic mass is 10.1. The number of hydrogen-bond acceptors (Lipinski definition) is 4. The molecule has 2 fully saturated rings. The van der Waals surface area contributed by atoms with E-state index in [2.05, 4.69) is 5.32 Å². The summed E-state index contributed by atoms with van der Waals surface area (Å²) < 4.78 is 5.38. The van der Waals surface area contributed by atoms with E-state index in [0.717, 1.165) is 43.9 Å². The molecule has 124 valence electrons. The summed E-state index contributed by atoms with van der Waals surface area (Å²) in [5, 5.41) is 2.86. The van der Waals surface area contributed by atoms with Gasteiger partial charge in [-0.2, -0.15) is 11.8 Å². The van der Waals surface area contributed by atoms with Gasteiger partial charge in [0, 0.05) is 36.7 Å². The number of benzene rings is 1. The van der Waals surface area contributed by atoms with E-state index >= 15 is 0 Å². The molecule has 1 atom stereocenters. The lowest BCUT2D eigenvalue weighted by Crippen LogP contribution is -2.33. The van der Waals surface area contributed by atoms with E-state index in [0.29, 0.717) is 17.9 Å². The first-order chi connectivity index (χ1) is 11.2. The molecule has 1 aromatic rings. The molecule has 2 amide bonds. The van der Waals surface area contributed by atoms with E-state index in [1.165, 1.54) is 0 Å². The van der Waals surface area contributed by atoms with Crippen molar-refractivity contribution in [2.24, 2.45) is 0 Å². The molecular formula is C17H22N2O3S. The number of thioether (sulfide) groups is 1. The molecule has 5 nitrogen and oxygen atoms in total. The molecule has 0 unspecified atom stereocenters. The van der Waals surface area contributed by atoms with Gasteiger partial charge < -0.3 is 15.0 Å². The van der Waals surface area contributed by atoms with Gasteiger partial charge in [-0.25, -0.2) is 0 Å². The Balaban J connectivity index is 1.66. The Morgan fingerprint density at radius 2 is 2.13 bits per heavy atom. The SMILES string of the molecule is O=C(Nc1cccc(C(=O)N2CCCSCC2)c1)[C@@H]1CCCO1. The Bertz CT molecular complexity index is 565. The highest BCUT2D eigenvalue weighted by atomic mass is 32.2.